The van der Waals surface area contributed by atoms with Gasteiger partial charge < -0.3 is 19.1 Å². The molecule has 1 amide bonds. The zero-order valence-electron chi connectivity index (χ0n) is 15.9. The van der Waals surface area contributed by atoms with Gasteiger partial charge in [-0.1, -0.05) is 17.4 Å². The summed E-state index contributed by atoms with van der Waals surface area (Å²) in [6.45, 7) is 4.75. The molecule has 0 spiro atoms. The molecule has 0 unspecified atom stereocenters. The Balaban J connectivity index is 1.91. The highest BCUT2D eigenvalue weighted by Crippen LogP contribution is 2.35. The van der Waals surface area contributed by atoms with Crippen LogP contribution in [0.4, 0.5) is 5.13 Å². The van der Waals surface area contributed by atoms with Gasteiger partial charge in [0.2, 0.25) is 5.76 Å². The van der Waals surface area contributed by atoms with Gasteiger partial charge in [0, 0.05) is 6.54 Å². The van der Waals surface area contributed by atoms with E-state index in [4.69, 9.17) is 19.2 Å². The molecule has 8 heteroatoms. The first kappa shape index (κ1) is 19.4. The Morgan fingerprint density at radius 1 is 1.30 bits per heavy atom. The molecule has 0 saturated heterocycles. The number of rotatable bonds is 8. The van der Waals surface area contributed by atoms with E-state index in [1.165, 1.54) is 17.6 Å². The number of anilines is 1. The highest BCUT2D eigenvalue weighted by Gasteiger charge is 2.26. The molecule has 0 saturated carbocycles. The monoisotopic (exact) mass is 391 g/mol. The molecule has 2 aromatic rings. The number of benzene rings is 1. The molecule has 0 N–H and O–H groups in total. The van der Waals surface area contributed by atoms with E-state index >= 15 is 0 Å². The Kier molecular flexibility index (Phi) is 6.52. The van der Waals surface area contributed by atoms with Crippen LogP contribution in [0.1, 0.15) is 13.3 Å². The summed E-state index contributed by atoms with van der Waals surface area (Å²) < 4.78 is 17.4. The lowest BCUT2D eigenvalue weighted by atomic mass is 10.3. The summed E-state index contributed by atoms with van der Waals surface area (Å²) in [6.07, 6.45) is 2.21. The summed E-state index contributed by atoms with van der Waals surface area (Å²) in [7, 11) is 4.03. The first-order valence-electron chi connectivity index (χ1n) is 9.03. The van der Waals surface area contributed by atoms with E-state index in [1.54, 1.807) is 4.90 Å². The Labute approximate surface area is 163 Å². The van der Waals surface area contributed by atoms with Gasteiger partial charge in [0.05, 0.1) is 11.3 Å². The Bertz CT molecular complexity index is 818. The molecular weight excluding hydrogens is 366 g/mol. The van der Waals surface area contributed by atoms with Crippen molar-refractivity contribution in [3.63, 3.8) is 0 Å². The minimum atomic E-state index is -0.231. The quantitative estimate of drug-likeness (QED) is 0.690. The third-order valence-corrected chi connectivity index (χ3v) is 5.04. The van der Waals surface area contributed by atoms with Crippen molar-refractivity contribution in [1.82, 2.24) is 9.88 Å². The first-order chi connectivity index (χ1) is 13.1. The molecule has 1 aromatic heterocycles. The lowest BCUT2D eigenvalue weighted by Crippen LogP contribution is -2.36. The van der Waals surface area contributed by atoms with Crippen molar-refractivity contribution in [1.29, 1.82) is 0 Å². The number of para-hydroxylation sites is 1. The average molecular weight is 391 g/mol. The predicted octanol–water partition coefficient (Wildman–Crippen LogP) is 2.87. The van der Waals surface area contributed by atoms with Gasteiger partial charge in [-0.3, -0.25) is 9.69 Å². The van der Waals surface area contributed by atoms with Crippen molar-refractivity contribution in [2.24, 2.45) is 0 Å². The summed E-state index contributed by atoms with van der Waals surface area (Å²) in [5, 5.41) is 0.635. The summed E-state index contributed by atoms with van der Waals surface area (Å²) >= 11 is 1.47. The summed E-state index contributed by atoms with van der Waals surface area (Å²) in [6, 6.07) is 5.82. The summed E-state index contributed by atoms with van der Waals surface area (Å²) in [5.74, 6) is 0.718. The van der Waals surface area contributed by atoms with Crippen molar-refractivity contribution >= 4 is 32.6 Å². The molecule has 0 aliphatic carbocycles. The molecule has 1 aliphatic rings. The van der Waals surface area contributed by atoms with Crippen molar-refractivity contribution in [3.05, 3.63) is 30.2 Å². The van der Waals surface area contributed by atoms with Gasteiger partial charge in [-0.15, -0.1) is 0 Å². The molecule has 0 bridgehead atoms. The van der Waals surface area contributed by atoms with E-state index in [-0.39, 0.29) is 11.7 Å². The maximum Gasteiger partial charge on any atom is 0.298 e. The zero-order valence-corrected chi connectivity index (χ0v) is 16.8. The molecule has 1 aromatic carbocycles. The van der Waals surface area contributed by atoms with Crippen LogP contribution in [0.15, 0.2) is 30.2 Å². The number of hydrogen-bond acceptors (Lipinski definition) is 7. The number of carbonyl (C=O) groups is 1. The number of hydrogen-bond donors (Lipinski definition) is 0. The molecular formula is C19H25N3O4S. The van der Waals surface area contributed by atoms with Crippen LogP contribution in [0.3, 0.4) is 0 Å². The molecule has 7 nitrogen and oxygen atoms in total. The number of aromatic nitrogens is 1. The van der Waals surface area contributed by atoms with Gasteiger partial charge in [0.15, 0.2) is 5.13 Å². The van der Waals surface area contributed by atoms with Crippen LogP contribution in [-0.4, -0.2) is 62.8 Å². The fourth-order valence-corrected chi connectivity index (χ4v) is 3.75. The standard InChI is InChI=1S/C19H25N3O4S/c1-4-25-14-7-5-8-16-17(14)20-19(27-16)22(10-6-9-21(2)3)18(23)15-13-24-11-12-26-15/h5,7-8,13H,4,6,9-12H2,1-3H3. The SMILES string of the molecule is CCOc1cccc2sc(N(CCCN(C)C)C(=O)C3=COCCO3)nc12. The molecule has 2 heterocycles. The van der Waals surface area contributed by atoms with Gasteiger partial charge in [-0.25, -0.2) is 4.98 Å². The molecule has 0 fully saturated rings. The summed E-state index contributed by atoms with van der Waals surface area (Å²) in [5.41, 5.74) is 0.777. The van der Waals surface area contributed by atoms with Gasteiger partial charge in [0.25, 0.3) is 5.91 Å². The van der Waals surface area contributed by atoms with Crippen LogP contribution in [0, 0.1) is 0 Å². The second kappa shape index (κ2) is 9.05. The van der Waals surface area contributed by atoms with E-state index in [0.29, 0.717) is 31.5 Å². The van der Waals surface area contributed by atoms with Crippen LogP contribution in [0.5, 0.6) is 5.75 Å². The molecule has 3 rings (SSSR count). The molecule has 0 atom stereocenters. The minimum absolute atomic E-state index is 0.218. The highest BCUT2D eigenvalue weighted by molar-refractivity contribution is 7.22. The van der Waals surface area contributed by atoms with Crippen molar-refractivity contribution in [3.8, 4) is 5.75 Å². The Hall–Kier alpha value is -2.32. The van der Waals surface area contributed by atoms with Crippen molar-refractivity contribution in [2.75, 3.05) is 51.9 Å². The van der Waals surface area contributed by atoms with Gasteiger partial charge >= 0.3 is 0 Å². The van der Waals surface area contributed by atoms with Gasteiger partial charge in [-0.05, 0) is 46.1 Å². The first-order valence-corrected chi connectivity index (χ1v) is 9.85. The Morgan fingerprint density at radius 3 is 2.85 bits per heavy atom. The van der Waals surface area contributed by atoms with E-state index in [0.717, 1.165) is 28.9 Å². The number of ether oxygens (including phenoxy) is 3. The normalized spacial score (nSPS) is 13.9. The maximum absolute atomic E-state index is 13.0. The number of fused-ring (bicyclic) bond motifs is 1. The lowest BCUT2D eigenvalue weighted by Gasteiger charge is -2.23. The molecule has 0 radical (unpaired) electrons. The third kappa shape index (κ3) is 4.70. The van der Waals surface area contributed by atoms with Crippen LogP contribution < -0.4 is 9.64 Å². The van der Waals surface area contributed by atoms with Crippen LogP contribution in [0.25, 0.3) is 10.2 Å². The smallest absolute Gasteiger partial charge is 0.298 e. The fourth-order valence-electron chi connectivity index (χ4n) is 2.74. The molecule has 1 aliphatic heterocycles. The predicted molar refractivity (Wildman–Crippen MR) is 106 cm³/mol. The largest absolute Gasteiger partial charge is 0.494 e. The average Bonchev–Trinajstić information content (AvgIpc) is 3.10. The Morgan fingerprint density at radius 2 is 2.15 bits per heavy atom. The van der Waals surface area contributed by atoms with Crippen LogP contribution in [0.2, 0.25) is 0 Å². The zero-order chi connectivity index (χ0) is 19.2. The van der Waals surface area contributed by atoms with Crippen molar-refractivity contribution < 1.29 is 19.0 Å². The van der Waals surface area contributed by atoms with E-state index in [1.807, 2.05) is 39.2 Å². The van der Waals surface area contributed by atoms with E-state index in [2.05, 4.69) is 4.90 Å². The van der Waals surface area contributed by atoms with E-state index < -0.39 is 0 Å². The number of thiazole rings is 1. The van der Waals surface area contributed by atoms with E-state index in [9.17, 15) is 4.79 Å². The number of carbonyl (C=O) groups excluding carboxylic acids is 1. The third-order valence-electron chi connectivity index (χ3n) is 3.99. The minimum Gasteiger partial charge on any atom is -0.494 e. The highest BCUT2D eigenvalue weighted by atomic mass is 32.1. The van der Waals surface area contributed by atoms with Crippen LogP contribution in [-0.2, 0) is 14.3 Å². The van der Waals surface area contributed by atoms with Crippen LogP contribution >= 0.6 is 11.3 Å². The van der Waals surface area contributed by atoms with Crippen molar-refractivity contribution in [2.45, 2.75) is 13.3 Å². The second-order valence-electron chi connectivity index (χ2n) is 6.35. The molecule has 27 heavy (non-hydrogen) atoms. The fraction of sp³-hybridized carbons (Fsp3) is 0.474. The second-order valence-corrected chi connectivity index (χ2v) is 7.36. The number of amides is 1. The topological polar surface area (TPSA) is 64.1 Å². The summed E-state index contributed by atoms with van der Waals surface area (Å²) in [4.78, 5) is 21.5. The lowest BCUT2D eigenvalue weighted by molar-refractivity contribution is -0.119. The molecule has 146 valence electrons. The number of nitrogens with zero attached hydrogens (tertiary/aromatic N) is 3. The maximum atomic E-state index is 13.0. The van der Waals surface area contributed by atoms with Gasteiger partial charge in [-0.2, -0.15) is 0 Å². The van der Waals surface area contributed by atoms with Gasteiger partial charge in [0.1, 0.15) is 30.7 Å².